The first kappa shape index (κ1) is 60.9. The van der Waals surface area contributed by atoms with Crippen molar-refractivity contribution in [2.45, 2.75) is 309 Å². The van der Waals surface area contributed by atoms with E-state index in [2.05, 4.69) is 45.1 Å². The molecule has 0 aromatic rings. The van der Waals surface area contributed by atoms with Crippen molar-refractivity contribution >= 4 is 17.9 Å². The molecule has 0 bridgehead atoms. The van der Waals surface area contributed by atoms with Gasteiger partial charge in [-0.2, -0.15) is 0 Å². The van der Waals surface area contributed by atoms with Gasteiger partial charge in [0.15, 0.2) is 6.10 Å². The second-order valence-electron chi connectivity index (χ2n) is 18.9. The maximum absolute atomic E-state index is 12.8. The predicted molar refractivity (Wildman–Crippen MR) is 270 cm³/mol. The predicted octanol–water partition coefficient (Wildman–Crippen LogP) is 18.3. The molecule has 0 saturated heterocycles. The maximum Gasteiger partial charge on any atom is 0.306 e. The monoisotopic (exact) mass is 887 g/mol. The minimum atomic E-state index is -0.772. The lowest BCUT2D eigenvalue weighted by Gasteiger charge is -2.18. The van der Waals surface area contributed by atoms with E-state index in [0.29, 0.717) is 19.3 Å². The summed E-state index contributed by atoms with van der Waals surface area (Å²) in [6.45, 7) is 6.62. The Hall–Kier alpha value is -2.11. The molecule has 0 saturated carbocycles. The van der Waals surface area contributed by atoms with E-state index in [4.69, 9.17) is 14.2 Å². The van der Waals surface area contributed by atoms with Gasteiger partial charge in [0, 0.05) is 19.3 Å². The van der Waals surface area contributed by atoms with E-state index in [-0.39, 0.29) is 31.1 Å². The highest BCUT2D eigenvalue weighted by Crippen LogP contribution is 2.17. The first-order chi connectivity index (χ1) is 31.0. The molecule has 0 rings (SSSR count). The number of allylic oxidation sites excluding steroid dienone is 4. The van der Waals surface area contributed by atoms with Gasteiger partial charge in [-0.3, -0.25) is 14.4 Å². The van der Waals surface area contributed by atoms with Crippen molar-refractivity contribution in [2.24, 2.45) is 0 Å². The van der Waals surface area contributed by atoms with Crippen LogP contribution < -0.4 is 0 Å². The molecular formula is C57H106O6. The lowest BCUT2D eigenvalue weighted by molar-refractivity contribution is -0.167. The van der Waals surface area contributed by atoms with Gasteiger partial charge >= 0.3 is 17.9 Å². The topological polar surface area (TPSA) is 78.9 Å². The summed E-state index contributed by atoms with van der Waals surface area (Å²) < 4.78 is 16.8. The molecule has 63 heavy (non-hydrogen) atoms. The van der Waals surface area contributed by atoms with E-state index >= 15 is 0 Å². The van der Waals surface area contributed by atoms with Crippen molar-refractivity contribution in [1.29, 1.82) is 0 Å². The van der Waals surface area contributed by atoms with Gasteiger partial charge in [0.2, 0.25) is 0 Å². The quantitative estimate of drug-likeness (QED) is 0.0262. The largest absolute Gasteiger partial charge is 0.462 e. The van der Waals surface area contributed by atoms with Gasteiger partial charge in [-0.1, -0.05) is 257 Å². The lowest BCUT2D eigenvalue weighted by Crippen LogP contribution is -2.30. The Morgan fingerprint density at radius 1 is 0.317 bits per heavy atom. The van der Waals surface area contributed by atoms with Crippen LogP contribution in [-0.4, -0.2) is 37.2 Å². The van der Waals surface area contributed by atoms with Gasteiger partial charge in [-0.15, -0.1) is 0 Å². The van der Waals surface area contributed by atoms with Crippen LogP contribution in [0.4, 0.5) is 0 Å². The molecule has 0 radical (unpaired) electrons. The molecule has 0 amide bonds. The van der Waals surface area contributed by atoms with E-state index in [9.17, 15) is 14.4 Å². The Balaban J connectivity index is 4.22. The van der Waals surface area contributed by atoms with Crippen LogP contribution in [-0.2, 0) is 28.6 Å². The Labute approximate surface area is 392 Å². The van der Waals surface area contributed by atoms with Gasteiger partial charge in [0.25, 0.3) is 0 Å². The van der Waals surface area contributed by atoms with Gasteiger partial charge < -0.3 is 14.2 Å². The molecule has 1 unspecified atom stereocenters. The Morgan fingerprint density at radius 3 is 0.905 bits per heavy atom. The second-order valence-corrected chi connectivity index (χ2v) is 18.9. The number of hydrogen-bond acceptors (Lipinski definition) is 6. The molecule has 0 aliphatic rings. The van der Waals surface area contributed by atoms with Crippen LogP contribution in [0.3, 0.4) is 0 Å². The number of ether oxygens (including phenoxy) is 3. The SMILES string of the molecule is CCCCC/C=C\C/C=C\CCCCCCCC(=O)OC(COC(=O)CCCCCCCCCCC)COC(=O)CCCCCCCCCCCCCCCCCCCCCCC. The minimum absolute atomic E-state index is 0.0721. The third-order valence-corrected chi connectivity index (χ3v) is 12.5. The first-order valence-corrected chi connectivity index (χ1v) is 27.8. The van der Waals surface area contributed by atoms with Gasteiger partial charge in [0.1, 0.15) is 13.2 Å². The summed E-state index contributed by atoms with van der Waals surface area (Å²) in [6.07, 6.45) is 60.3. The van der Waals surface area contributed by atoms with Crippen LogP contribution in [0.5, 0.6) is 0 Å². The number of hydrogen-bond donors (Lipinski definition) is 0. The lowest BCUT2D eigenvalue weighted by atomic mass is 10.0. The van der Waals surface area contributed by atoms with Crippen LogP contribution in [0, 0.1) is 0 Å². The fourth-order valence-corrected chi connectivity index (χ4v) is 8.24. The number of carbonyl (C=O) groups excluding carboxylic acids is 3. The van der Waals surface area contributed by atoms with Crippen molar-refractivity contribution in [2.75, 3.05) is 13.2 Å². The molecule has 0 fully saturated rings. The maximum atomic E-state index is 12.8. The van der Waals surface area contributed by atoms with Crippen LogP contribution >= 0.6 is 0 Å². The molecular weight excluding hydrogens is 781 g/mol. The molecule has 6 heteroatoms. The normalized spacial score (nSPS) is 12.1. The van der Waals surface area contributed by atoms with Crippen LogP contribution in [0.2, 0.25) is 0 Å². The molecule has 6 nitrogen and oxygen atoms in total. The van der Waals surface area contributed by atoms with Crippen molar-refractivity contribution in [1.82, 2.24) is 0 Å². The molecule has 0 aliphatic heterocycles. The molecule has 0 aromatic carbocycles. The second kappa shape index (κ2) is 52.5. The highest BCUT2D eigenvalue weighted by molar-refractivity contribution is 5.71. The zero-order chi connectivity index (χ0) is 45.8. The summed E-state index contributed by atoms with van der Waals surface area (Å²) in [5, 5.41) is 0. The first-order valence-electron chi connectivity index (χ1n) is 27.8. The van der Waals surface area contributed by atoms with E-state index in [0.717, 1.165) is 77.0 Å². The van der Waals surface area contributed by atoms with Crippen LogP contribution in [0.1, 0.15) is 303 Å². The minimum Gasteiger partial charge on any atom is -0.462 e. The molecule has 0 aliphatic carbocycles. The highest BCUT2D eigenvalue weighted by Gasteiger charge is 2.19. The summed E-state index contributed by atoms with van der Waals surface area (Å²) in [7, 11) is 0. The summed E-state index contributed by atoms with van der Waals surface area (Å²) in [6, 6.07) is 0. The van der Waals surface area contributed by atoms with Gasteiger partial charge in [0.05, 0.1) is 0 Å². The molecule has 370 valence electrons. The number of esters is 3. The number of unbranched alkanes of at least 4 members (excludes halogenated alkanes) is 36. The summed E-state index contributed by atoms with van der Waals surface area (Å²) in [4.78, 5) is 38.0. The molecule has 0 aromatic heterocycles. The third-order valence-electron chi connectivity index (χ3n) is 12.5. The zero-order valence-corrected chi connectivity index (χ0v) is 42.4. The molecule has 0 heterocycles. The average molecular weight is 887 g/mol. The van der Waals surface area contributed by atoms with E-state index in [1.807, 2.05) is 0 Å². The number of rotatable bonds is 51. The van der Waals surface area contributed by atoms with Crippen LogP contribution in [0.25, 0.3) is 0 Å². The number of carbonyl (C=O) groups is 3. The van der Waals surface area contributed by atoms with Gasteiger partial charge in [-0.05, 0) is 51.4 Å². The Bertz CT molecular complexity index is 1020. The fourth-order valence-electron chi connectivity index (χ4n) is 8.24. The molecule has 0 spiro atoms. The van der Waals surface area contributed by atoms with Crippen LogP contribution in [0.15, 0.2) is 24.3 Å². The Kier molecular flexibility index (Phi) is 50.8. The zero-order valence-electron chi connectivity index (χ0n) is 42.4. The Morgan fingerprint density at radius 2 is 0.571 bits per heavy atom. The molecule has 0 N–H and O–H groups in total. The summed E-state index contributed by atoms with van der Waals surface area (Å²) >= 11 is 0. The van der Waals surface area contributed by atoms with Crippen molar-refractivity contribution in [3.05, 3.63) is 24.3 Å². The standard InChI is InChI=1S/C57H106O6/c1-4-7-10-13-16-19-21-23-25-26-27-28-29-30-32-33-35-38-41-44-47-50-56(59)62-53-54(52-61-55(58)49-46-43-40-37-18-15-12-9-6-3)63-57(60)51-48-45-42-39-36-34-31-24-22-20-17-14-11-8-5-2/h17,20,24,31,54H,4-16,18-19,21-23,25-30,32-53H2,1-3H3/b20-17-,31-24-. The summed E-state index contributed by atoms with van der Waals surface area (Å²) in [5.74, 6) is -0.872. The average Bonchev–Trinajstić information content (AvgIpc) is 3.28. The summed E-state index contributed by atoms with van der Waals surface area (Å²) in [5.41, 5.74) is 0. The smallest absolute Gasteiger partial charge is 0.306 e. The van der Waals surface area contributed by atoms with Gasteiger partial charge in [-0.25, -0.2) is 0 Å². The van der Waals surface area contributed by atoms with Crippen molar-refractivity contribution in [3.63, 3.8) is 0 Å². The van der Waals surface area contributed by atoms with Crippen molar-refractivity contribution < 1.29 is 28.6 Å². The van der Waals surface area contributed by atoms with E-state index < -0.39 is 6.10 Å². The molecule has 1 atom stereocenters. The third kappa shape index (κ3) is 50.7. The fraction of sp³-hybridized carbons (Fsp3) is 0.877. The van der Waals surface area contributed by atoms with E-state index in [1.54, 1.807) is 0 Å². The van der Waals surface area contributed by atoms with E-state index in [1.165, 1.54) is 186 Å². The highest BCUT2D eigenvalue weighted by atomic mass is 16.6. The van der Waals surface area contributed by atoms with Crippen molar-refractivity contribution in [3.8, 4) is 0 Å².